The molecule has 0 saturated heterocycles. The minimum atomic E-state index is -0.969. The lowest BCUT2D eigenvalue weighted by molar-refractivity contribution is -0.131. The van der Waals surface area contributed by atoms with Crippen LogP contribution in [0.4, 0.5) is 0 Å². The Kier molecular flexibility index (Phi) is 7.44. The average molecular weight is 172 g/mol. The van der Waals surface area contributed by atoms with Gasteiger partial charge in [0.25, 0.3) is 0 Å². The van der Waals surface area contributed by atoms with Crippen LogP contribution in [0.15, 0.2) is 12.3 Å². The van der Waals surface area contributed by atoms with Crippen molar-refractivity contribution in [1.29, 1.82) is 0 Å². The van der Waals surface area contributed by atoms with Crippen LogP contribution in [0.1, 0.15) is 32.6 Å². The highest BCUT2D eigenvalue weighted by molar-refractivity contribution is 5.79. The molecule has 0 unspecified atom stereocenters. The van der Waals surface area contributed by atoms with E-state index in [1.54, 1.807) is 0 Å². The molecule has 0 radical (unpaired) electrons. The highest BCUT2D eigenvalue weighted by Crippen LogP contribution is 1.98. The zero-order valence-corrected chi connectivity index (χ0v) is 7.45. The third-order valence-corrected chi connectivity index (χ3v) is 1.42. The molecule has 0 saturated carbocycles. The van der Waals surface area contributed by atoms with Gasteiger partial charge < -0.3 is 9.84 Å². The summed E-state index contributed by atoms with van der Waals surface area (Å²) < 4.78 is 4.93. The van der Waals surface area contributed by atoms with Gasteiger partial charge in [0.1, 0.15) is 0 Å². The average Bonchev–Trinajstić information content (AvgIpc) is 2.02. The van der Waals surface area contributed by atoms with Crippen molar-refractivity contribution in [3.63, 3.8) is 0 Å². The monoisotopic (exact) mass is 172 g/mol. The first kappa shape index (κ1) is 11.0. The van der Waals surface area contributed by atoms with E-state index in [1.165, 1.54) is 19.1 Å². The second kappa shape index (κ2) is 8.11. The molecule has 0 spiro atoms. The summed E-state index contributed by atoms with van der Waals surface area (Å²) in [5, 5.41) is 8.19. The Morgan fingerprint density at radius 3 is 2.75 bits per heavy atom. The van der Waals surface area contributed by atoms with Crippen molar-refractivity contribution < 1.29 is 14.6 Å². The fourth-order valence-corrected chi connectivity index (χ4v) is 0.787. The molecule has 0 atom stereocenters. The van der Waals surface area contributed by atoms with Crippen LogP contribution in [-0.4, -0.2) is 17.7 Å². The molecule has 0 fully saturated rings. The fraction of sp³-hybridized carbons (Fsp3) is 0.667. The van der Waals surface area contributed by atoms with Crippen molar-refractivity contribution >= 4 is 5.97 Å². The van der Waals surface area contributed by atoms with Gasteiger partial charge in [-0.15, -0.1) is 0 Å². The number of hydrogen-bond acceptors (Lipinski definition) is 2. The topological polar surface area (TPSA) is 46.5 Å². The quantitative estimate of drug-likeness (QED) is 0.363. The van der Waals surface area contributed by atoms with E-state index in [4.69, 9.17) is 9.84 Å². The third-order valence-electron chi connectivity index (χ3n) is 1.42. The van der Waals surface area contributed by atoms with Crippen molar-refractivity contribution in [2.75, 3.05) is 6.61 Å². The summed E-state index contributed by atoms with van der Waals surface area (Å²) in [4.78, 5) is 9.97. The normalized spacial score (nSPS) is 10.4. The predicted octanol–water partition coefficient (Wildman–Crippen LogP) is 2.18. The Bertz CT molecular complexity index is 141. The van der Waals surface area contributed by atoms with E-state index < -0.39 is 5.97 Å². The number of aliphatic carboxylic acids is 1. The van der Waals surface area contributed by atoms with E-state index in [0.717, 1.165) is 18.9 Å². The summed E-state index contributed by atoms with van der Waals surface area (Å²) >= 11 is 0. The number of carboxylic acids is 1. The van der Waals surface area contributed by atoms with E-state index in [-0.39, 0.29) is 0 Å². The summed E-state index contributed by atoms with van der Waals surface area (Å²) in [5.74, 6) is -0.969. The molecule has 0 aliphatic rings. The zero-order valence-electron chi connectivity index (χ0n) is 7.45. The molecule has 1 N–H and O–H groups in total. The number of carbonyl (C=O) groups is 1. The van der Waals surface area contributed by atoms with Gasteiger partial charge in [-0.3, -0.25) is 0 Å². The molecule has 0 aliphatic carbocycles. The Hall–Kier alpha value is -0.990. The van der Waals surface area contributed by atoms with Crippen molar-refractivity contribution in [3.8, 4) is 0 Å². The first-order valence-corrected chi connectivity index (χ1v) is 4.28. The standard InChI is InChI=1S/C9H16O3/c1-2-3-4-5-7-12-8-6-9(10)11/h6,8H,2-5,7H2,1H3,(H,10,11)/b8-6+. The summed E-state index contributed by atoms with van der Waals surface area (Å²) in [5.41, 5.74) is 0. The van der Waals surface area contributed by atoms with Crippen LogP contribution in [-0.2, 0) is 9.53 Å². The lowest BCUT2D eigenvalue weighted by Crippen LogP contribution is -1.90. The van der Waals surface area contributed by atoms with E-state index in [1.807, 2.05) is 0 Å². The van der Waals surface area contributed by atoms with Crippen molar-refractivity contribution in [2.24, 2.45) is 0 Å². The maximum absolute atomic E-state index is 9.97. The molecule has 0 aromatic carbocycles. The number of carboxylic acid groups (broad SMARTS) is 1. The molecule has 12 heavy (non-hydrogen) atoms. The van der Waals surface area contributed by atoms with Gasteiger partial charge in [0.05, 0.1) is 18.9 Å². The first-order chi connectivity index (χ1) is 5.77. The highest BCUT2D eigenvalue weighted by Gasteiger charge is 1.87. The molecule has 0 aromatic heterocycles. The van der Waals surface area contributed by atoms with E-state index in [9.17, 15) is 4.79 Å². The summed E-state index contributed by atoms with van der Waals surface area (Å²) in [6.45, 7) is 2.76. The van der Waals surface area contributed by atoms with Crippen LogP contribution in [0.2, 0.25) is 0 Å². The van der Waals surface area contributed by atoms with Gasteiger partial charge in [-0.25, -0.2) is 4.79 Å². The minimum Gasteiger partial charge on any atom is -0.501 e. The Labute approximate surface area is 73.0 Å². The second-order valence-electron chi connectivity index (χ2n) is 2.57. The maximum atomic E-state index is 9.97. The van der Waals surface area contributed by atoms with Gasteiger partial charge >= 0.3 is 5.97 Å². The molecule has 0 heterocycles. The molecule has 70 valence electrons. The number of ether oxygens (including phenoxy) is 1. The van der Waals surface area contributed by atoms with Crippen LogP contribution in [0, 0.1) is 0 Å². The lowest BCUT2D eigenvalue weighted by Gasteiger charge is -1.98. The van der Waals surface area contributed by atoms with Crippen LogP contribution in [0.3, 0.4) is 0 Å². The smallest absolute Gasteiger partial charge is 0.331 e. The summed E-state index contributed by atoms with van der Waals surface area (Å²) in [6.07, 6.45) is 6.79. The van der Waals surface area contributed by atoms with Gasteiger partial charge in [-0.05, 0) is 6.42 Å². The maximum Gasteiger partial charge on any atom is 0.331 e. The van der Waals surface area contributed by atoms with Crippen LogP contribution < -0.4 is 0 Å². The van der Waals surface area contributed by atoms with Gasteiger partial charge in [0, 0.05) is 0 Å². The van der Waals surface area contributed by atoms with Crippen molar-refractivity contribution in [3.05, 3.63) is 12.3 Å². The number of unbranched alkanes of at least 4 members (excludes halogenated alkanes) is 3. The highest BCUT2D eigenvalue weighted by atomic mass is 16.5. The van der Waals surface area contributed by atoms with Gasteiger partial charge in [0.15, 0.2) is 0 Å². The molecule has 3 heteroatoms. The van der Waals surface area contributed by atoms with Crippen LogP contribution in [0.5, 0.6) is 0 Å². The van der Waals surface area contributed by atoms with Crippen molar-refractivity contribution in [1.82, 2.24) is 0 Å². The Morgan fingerprint density at radius 1 is 1.42 bits per heavy atom. The number of rotatable bonds is 7. The van der Waals surface area contributed by atoms with Gasteiger partial charge in [-0.1, -0.05) is 26.2 Å². The van der Waals surface area contributed by atoms with Crippen LogP contribution in [0.25, 0.3) is 0 Å². The van der Waals surface area contributed by atoms with Crippen molar-refractivity contribution in [2.45, 2.75) is 32.6 Å². The van der Waals surface area contributed by atoms with Gasteiger partial charge in [0.2, 0.25) is 0 Å². The Balaban J connectivity index is 3.05. The molecular weight excluding hydrogens is 156 g/mol. The number of hydrogen-bond donors (Lipinski definition) is 1. The zero-order chi connectivity index (χ0) is 9.23. The second-order valence-corrected chi connectivity index (χ2v) is 2.57. The molecule has 0 rings (SSSR count). The molecule has 0 bridgehead atoms. The van der Waals surface area contributed by atoms with E-state index in [2.05, 4.69) is 6.92 Å². The molecule has 0 aromatic rings. The molecule has 0 amide bonds. The summed E-state index contributed by atoms with van der Waals surface area (Å²) in [6, 6.07) is 0. The van der Waals surface area contributed by atoms with E-state index in [0.29, 0.717) is 6.61 Å². The largest absolute Gasteiger partial charge is 0.501 e. The molecule has 3 nitrogen and oxygen atoms in total. The summed E-state index contributed by atoms with van der Waals surface area (Å²) in [7, 11) is 0. The molecular formula is C9H16O3. The lowest BCUT2D eigenvalue weighted by atomic mass is 10.2. The molecule has 0 aliphatic heterocycles. The van der Waals surface area contributed by atoms with Crippen LogP contribution >= 0.6 is 0 Å². The minimum absolute atomic E-state index is 0.615. The predicted molar refractivity (Wildman–Crippen MR) is 46.9 cm³/mol. The third kappa shape index (κ3) is 9.01. The first-order valence-electron chi connectivity index (χ1n) is 4.28. The van der Waals surface area contributed by atoms with Gasteiger partial charge in [-0.2, -0.15) is 0 Å². The van der Waals surface area contributed by atoms with E-state index >= 15 is 0 Å². The Morgan fingerprint density at radius 2 is 2.17 bits per heavy atom. The fourth-order valence-electron chi connectivity index (χ4n) is 0.787. The SMILES string of the molecule is CCCCCCO/C=C/C(=O)O.